The highest BCUT2D eigenvalue weighted by molar-refractivity contribution is 7.80. The standard InChI is InChI=1S/C18H21N3OS/c1-3-20-17(22)16(12-11-14-10-7-13-19(14)2)21(18(20)23)15-8-5-4-6-9-15/h4-6,8-9,11-12H,3,7,10,13H2,1-2H3/p+1. The van der Waals surface area contributed by atoms with Crippen LogP contribution in [0.1, 0.15) is 19.8 Å². The highest BCUT2D eigenvalue weighted by atomic mass is 32.1. The van der Waals surface area contributed by atoms with Gasteiger partial charge >= 0.3 is 0 Å². The van der Waals surface area contributed by atoms with Crippen LogP contribution in [0.25, 0.3) is 0 Å². The molecule has 1 aromatic carbocycles. The number of quaternary nitrogens is 1. The molecule has 120 valence electrons. The van der Waals surface area contributed by atoms with Crippen LogP contribution in [0.15, 0.2) is 53.9 Å². The minimum absolute atomic E-state index is 0.0196. The van der Waals surface area contributed by atoms with Gasteiger partial charge in [0.1, 0.15) is 11.4 Å². The van der Waals surface area contributed by atoms with E-state index < -0.39 is 0 Å². The molecular formula is C18H22N3OS+. The zero-order valence-corrected chi connectivity index (χ0v) is 14.4. The van der Waals surface area contributed by atoms with E-state index >= 15 is 0 Å². The monoisotopic (exact) mass is 328 g/mol. The van der Waals surface area contributed by atoms with Crippen molar-refractivity contribution < 1.29 is 9.69 Å². The fraction of sp³-hybridized carbons (Fsp3) is 0.333. The first-order valence-electron chi connectivity index (χ1n) is 8.08. The van der Waals surface area contributed by atoms with Crippen molar-refractivity contribution in [2.45, 2.75) is 19.8 Å². The molecule has 0 spiro atoms. The van der Waals surface area contributed by atoms with Gasteiger partial charge in [-0.3, -0.25) is 14.6 Å². The topological polar surface area (TPSA) is 28.0 Å². The van der Waals surface area contributed by atoms with Gasteiger partial charge in [0.2, 0.25) is 0 Å². The molecule has 2 saturated heterocycles. The van der Waals surface area contributed by atoms with E-state index in [0.29, 0.717) is 17.4 Å². The predicted octanol–water partition coefficient (Wildman–Crippen LogP) is 1.72. The van der Waals surface area contributed by atoms with Gasteiger partial charge in [-0.15, -0.1) is 0 Å². The summed E-state index contributed by atoms with van der Waals surface area (Å²) < 4.78 is 0. The lowest BCUT2D eigenvalue weighted by molar-refractivity contribution is -0.828. The Balaban J connectivity index is 2.00. The Kier molecular flexibility index (Phi) is 4.59. The predicted molar refractivity (Wildman–Crippen MR) is 96.1 cm³/mol. The van der Waals surface area contributed by atoms with Crippen LogP contribution in [0.2, 0.25) is 0 Å². The number of nitrogens with one attached hydrogen (secondary N) is 1. The second-order valence-corrected chi connectivity index (χ2v) is 6.25. The summed E-state index contributed by atoms with van der Waals surface area (Å²) in [6, 6.07) is 9.84. The van der Waals surface area contributed by atoms with Crippen molar-refractivity contribution in [2.24, 2.45) is 0 Å². The molecule has 0 aliphatic carbocycles. The Hall–Kier alpha value is -1.98. The summed E-state index contributed by atoms with van der Waals surface area (Å²) >= 11 is 5.53. The van der Waals surface area contributed by atoms with Gasteiger partial charge in [-0.25, -0.2) is 0 Å². The third-order valence-electron chi connectivity index (χ3n) is 4.45. The quantitative estimate of drug-likeness (QED) is 0.676. The van der Waals surface area contributed by atoms with Gasteiger partial charge in [-0.05, 0) is 43.4 Å². The third kappa shape index (κ3) is 2.94. The van der Waals surface area contributed by atoms with Gasteiger partial charge in [0.25, 0.3) is 5.91 Å². The molecule has 1 amide bonds. The van der Waals surface area contributed by atoms with Gasteiger partial charge in [0, 0.05) is 25.1 Å². The normalized spacial score (nSPS) is 25.2. The third-order valence-corrected chi connectivity index (χ3v) is 4.85. The second kappa shape index (κ2) is 6.64. The lowest BCUT2D eigenvalue weighted by Crippen LogP contribution is -3.04. The number of anilines is 1. The van der Waals surface area contributed by atoms with Crippen molar-refractivity contribution in [1.82, 2.24) is 4.90 Å². The molecule has 1 atom stereocenters. The van der Waals surface area contributed by atoms with Crippen molar-refractivity contribution in [1.29, 1.82) is 0 Å². The lowest BCUT2D eigenvalue weighted by atomic mass is 10.2. The molecule has 0 saturated carbocycles. The highest BCUT2D eigenvalue weighted by Crippen LogP contribution is 2.28. The van der Waals surface area contributed by atoms with Gasteiger partial charge < -0.3 is 4.90 Å². The lowest BCUT2D eigenvalue weighted by Gasteiger charge is -2.19. The van der Waals surface area contributed by atoms with Crippen molar-refractivity contribution in [3.8, 4) is 0 Å². The van der Waals surface area contributed by atoms with Crippen LogP contribution in [0.4, 0.5) is 5.69 Å². The molecule has 2 fully saturated rings. The number of likely N-dealkylation sites (tertiary alicyclic amines) is 1. The molecule has 3 rings (SSSR count). The summed E-state index contributed by atoms with van der Waals surface area (Å²) in [6.07, 6.45) is 6.32. The van der Waals surface area contributed by atoms with Crippen molar-refractivity contribution in [3.05, 3.63) is 53.9 Å². The first-order chi connectivity index (χ1) is 11.1. The molecule has 2 aliphatic rings. The number of hydrogen-bond donors (Lipinski definition) is 1. The number of amides is 1. The minimum atomic E-state index is -0.0196. The van der Waals surface area contributed by atoms with Crippen molar-refractivity contribution >= 4 is 28.9 Å². The summed E-state index contributed by atoms with van der Waals surface area (Å²) in [5.74, 6) is -0.0196. The molecule has 0 aromatic heterocycles. The van der Waals surface area contributed by atoms with Crippen LogP contribution < -0.4 is 9.80 Å². The maximum atomic E-state index is 12.7. The number of likely N-dealkylation sites (N-methyl/N-ethyl adjacent to an activating group) is 1. The summed E-state index contributed by atoms with van der Waals surface area (Å²) in [4.78, 5) is 17.7. The maximum Gasteiger partial charge on any atom is 0.277 e. The van der Waals surface area contributed by atoms with Gasteiger partial charge in [0.15, 0.2) is 5.11 Å². The Morgan fingerprint density at radius 3 is 2.61 bits per heavy atom. The SMILES string of the molecule is CCN1C(=O)C(=CC=C2CCC[NH+]2C)N(c2ccccc2)C1=S. The van der Waals surface area contributed by atoms with Crippen LogP contribution in [0.3, 0.4) is 0 Å². The summed E-state index contributed by atoms with van der Waals surface area (Å²) in [5.41, 5.74) is 2.91. The second-order valence-electron chi connectivity index (χ2n) is 5.88. The Morgan fingerprint density at radius 1 is 1.26 bits per heavy atom. The van der Waals surface area contributed by atoms with E-state index in [4.69, 9.17) is 12.2 Å². The average Bonchev–Trinajstić information content (AvgIpc) is 3.07. The van der Waals surface area contributed by atoms with Crippen LogP contribution in [-0.2, 0) is 4.79 Å². The van der Waals surface area contributed by atoms with E-state index in [1.165, 1.54) is 17.0 Å². The molecule has 2 aliphatic heterocycles. The van der Waals surface area contributed by atoms with Gasteiger partial charge in [-0.2, -0.15) is 0 Å². The minimum Gasteiger partial charge on any atom is -0.308 e. The number of para-hydroxylation sites is 1. The molecule has 1 aromatic rings. The van der Waals surface area contributed by atoms with E-state index in [0.717, 1.165) is 18.7 Å². The fourth-order valence-corrected chi connectivity index (χ4v) is 3.53. The molecule has 1 N–H and O–H groups in total. The van der Waals surface area contributed by atoms with Gasteiger partial charge in [-0.1, -0.05) is 18.2 Å². The average molecular weight is 328 g/mol. The Morgan fingerprint density at radius 2 is 2.00 bits per heavy atom. The smallest absolute Gasteiger partial charge is 0.277 e. The fourth-order valence-electron chi connectivity index (χ4n) is 3.12. The first kappa shape index (κ1) is 15.9. The molecule has 0 bridgehead atoms. The largest absolute Gasteiger partial charge is 0.308 e. The molecule has 5 heteroatoms. The van der Waals surface area contributed by atoms with E-state index in [9.17, 15) is 4.79 Å². The van der Waals surface area contributed by atoms with Crippen LogP contribution >= 0.6 is 12.2 Å². The molecule has 2 heterocycles. The van der Waals surface area contributed by atoms with Crippen LogP contribution in [-0.4, -0.2) is 36.1 Å². The molecule has 4 nitrogen and oxygen atoms in total. The van der Waals surface area contributed by atoms with E-state index in [1.807, 2.05) is 48.2 Å². The molecule has 23 heavy (non-hydrogen) atoms. The summed E-state index contributed by atoms with van der Waals surface area (Å²) in [5, 5.41) is 0.556. The van der Waals surface area contributed by atoms with E-state index in [2.05, 4.69) is 13.1 Å². The molecular weight excluding hydrogens is 306 g/mol. The van der Waals surface area contributed by atoms with Crippen LogP contribution in [0, 0.1) is 0 Å². The number of carbonyl (C=O) groups excluding carboxylic acids is 1. The maximum absolute atomic E-state index is 12.7. The van der Waals surface area contributed by atoms with Crippen LogP contribution in [0.5, 0.6) is 0 Å². The highest BCUT2D eigenvalue weighted by Gasteiger charge is 2.37. The number of carbonyl (C=O) groups is 1. The summed E-state index contributed by atoms with van der Waals surface area (Å²) in [6.45, 7) is 3.69. The number of benzene rings is 1. The number of nitrogens with zero attached hydrogens (tertiary/aromatic N) is 2. The zero-order chi connectivity index (χ0) is 16.4. The Bertz CT molecular complexity index is 681. The number of hydrogen-bond acceptors (Lipinski definition) is 2. The molecule has 1 unspecified atom stereocenters. The number of allylic oxidation sites excluding steroid dienone is 3. The number of rotatable bonds is 3. The number of thiocarbonyl (C=S) groups is 1. The molecule has 0 radical (unpaired) electrons. The van der Waals surface area contributed by atoms with E-state index in [-0.39, 0.29) is 5.91 Å². The van der Waals surface area contributed by atoms with Gasteiger partial charge in [0.05, 0.1) is 13.6 Å². The van der Waals surface area contributed by atoms with Crippen molar-refractivity contribution in [3.63, 3.8) is 0 Å². The first-order valence-corrected chi connectivity index (χ1v) is 8.49. The zero-order valence-electron chi connectivity index (χ0n) is 13.6. The van der Waals surface area contributed by atoms with Crippen molar-refractivity contribution in [2.75, 3.05) is 25.0 Å². The van der Waals surface area contributed by atoms with E-state index in [1.54, 1.807) is 4.90 Å². The summed E-state index contributed by atoms with van der Waals surface area (Å²) in [7, 11) is 2.17. The Labute approximate surface area is 142 Å².